The molecule has 2 rings (SSSR count). The lowest BCUT2D eigenvalue weighted by atomic mass is 10.1. The van der Waals surface area contributed by atoms with Gasteiger partial charge in [-0.15, -0.1) is 11.3 Å². The molecule has 1 aromatic heterocycles. The van der Waals surface area contributed by atoms with E-state index in [0.717, 1.165) is 16.3 Å². The summed E-state index contributed by atoms with van der Waals surface area (Å²) >= 11 is 4.91. The SMILES string of the molecule is CC(C)NC(c1ccc(F)c(Br)c1)c1nc(C(C)C)cs1. The normalized spacial score (nSPS) is 13.1. The van der Waals surface area contributed by atoms with Crippen molar-refractivity contribution in [3.05, 3.63) is 50.1 Å². The molecule has 0 fully saturated rings. The van der Waals surface area contributed by atoms with Gasteiger partial charge in [-0.3, -0.25) is 0 Å². The Morgan fingerprint density at radius 2 is 1.95 bits per heavy atom. The fourth-order valence-corrected chi connectivity index (χ4v) is 3.50. The number of hydrogen-bond acceptors (Lipinski definition) is 3. The summed E-state index contributed by atoms with van der Waals surface area (Å²) in [5.74, 6) is 0.165. The Hall–Kier alpha value is -0.780. The second-order valence-electron chi connectivity index (χ2n) is 5.69. The number of thiazole rings is 1. The first-order valence-corrected chi connectivity index (χ1v) is 8.72. The molecule has 0 bridgehead atoms. The van der Waals surface area contributed by atoms with Crippen LogP contribution in [0, 0.1) is 5.82 Å². The van der Waals surface area contributed by atoms with E-state index in [2.05, 4.69) is 54.3 Å². The topological polar surface area (TPSA) is 24.9 Å². The highest BCUT2D eigenvalue weighted by molar-refractivity contribution is 9.10. The molecule has 0 saturated heterocycles. The maximum absolute atomic E-state index is 13.5. The second-order valence-corrected chi connectivity index (χ2v) is 7.44. The number of hydrogen-bond donors (Lipinski definition) is 1. The molecule has 0 aliphatic carbocycles. The lowest BCUT2D eigenvalue weighted by molar-refractivity contribution is 0.524. The van der Waals surface area contributed by atoms with Crippen molar-refractivity contribution in [3.63, 3.8) is 0 Å². The smallest absolute Gasteiger partial charge is 0.137 e. The summed E-state index contributed by atoms with van der Waals surface area (Å²) in [7, 11) is 0. The van der Waals surface area contributed by atoms with Gasteiger partial charge in [0.05, 0.1) is 16.2 Å². The molecule has 5 heteroatoms. The predicted octanol–water partition coefficient (Wildman–Crippen LogP) is 5.26. The van der Waals surface area contributed by atoms with Crippen LogP contribution in [-0.2, 0) is 0 Å². The molecule has 1 heterocycles. The van der Waals surface area contributed by atoms with Gasteiger partial charge in [-0.2, -0.15) is 0 Å². The Morgan fingerprint density at radius 3 is 2.48 bits per heavy atom. The highest BCUT2D eigenvalue weighted by atomic mass is 79.9. The number of aromatic nitrogens is 1. The molecule has 2 aromatic rings. The molecule has 0 radical (unpaired) electrons. The fourth-order valence-electron chi connectivity index (χ4n) is 2.03. The molecule has 0 amide bonds. The van der Waals surface area contributed by atoms with Crippen LogP contribution in [-0.4, -0.2) is 11.0 Å². The van der Waals surface area contributed by atoms with Crippen LogP contribution in [0.25, 0.3) is 0 Å². The first kappa shape index (κ1) is 16.6. The molecule has 0 saturated carbocycles. The van der Waals surface area contributed by atoms with Gasteiger partial charge in [-0.05, 0) is 53.4 Å². The molecular weight excluding hydrogens is 351 g/mol. The standard InChI is InChI=1S/C16H20BrFN2S/c1-9(2)14-8-21-16(20-14)15(19-10(3)4)11-5-6-13(18)12(17)7-11/h5-10,15,19H,1-4H3. The van der Waals surface area contributed by atoms with Gasteiger partial charge in [0.2, 0.25) is 0 Å². The maximum Gasteiger partial charge on any atom is 0.137 e. The third kappa shape index (κ3) is 4.11. The largest absolute Gasteiger partial charge is 0.302 e. The number of benzene rings is 1. The average molecular weight is 371 g/mol. The van der Waals surface area contributed by atoms with Crippen LogP contribution in [0.15, 0.2) is 28.1 Å². The van der Waals surface area contributed by atoms with Gasteiger partial charge < -0.3 is 5.32 Å². The quantitative estimate of drug-likeness (QED) is 0.776. The van der Waals surface area contributed by atoms with E-state index in [0.29, 0.717) is 16.4 Å². The zero-order valence-corrected chi connectivity index (χ0v) is 15.1. The van der Waals surface area contributed by atoms with E-state index < -0.39 is 0 Å². The van der Waals surface area contributed by atoms with Crippen LogP contribution in [0.2, 0.25) is 0 Å². The molecule has 0 spiro atoms. The van der Waals surface area contributed by atoms with E-state index in [9.17, 15) is 4.39 Å². The Balaban J connectivity index is 2.39. The first-order chi connectivity index (χ1) is 9.88. The van der Waals surface area contributed by atoms with Crippen LogP contribution in [0.1, 0.15) is 55.9 Å². The van der Waals surface area contributed by atoms with Crippen molar-refractivity contribution in [1.29, 1.82) is 0 Å². The summed E-state index contributed by atoms with van der Waals surface area (Å²) in [6, 6.07) is 5.43. The molecule has 21 heavy (non-hydrogen) atoms. The summed E-state index contributed by atoms with van der Waals surface area (Å²) in [5.41, 5.74) is 2.12. The van der Waals surface area contributed by atoms with Crippen molar-refractivity contribution >= 4 is 27.3 Å². The maximum atomic E-state index is 13.5. The zero-order valence-electron chi connectivity index (χ0n) is 12.7. The van der Waals surface area contributed by atoms with E-state index in [-0.39, 0.29) is 11.9 Å². The third-order valence-electron chi connectivity index (χ3n) is 3.16. The van der Waals surface area contributed by atoms with Crippen molar-refractivity contribution in [3.8, 4) is 0 Å². The molecule has 2 nitrogen and oxygen atoms in total. The minimum atomic E-state index is -0.246. The van der Waals surface area contributed by atoms with Crippen molar-refractivity contribution in [2.45, 2.75) is 45.7 Å². The molecule has 1 N–H and O–H groups in total. The highest BCUT2D eigenvalue weighted by Crippen LogP contribution is 2.30. The summed E-state index contributed by atoms with van der Waals surface area (Å²) in [5, 5.41) is 6.64. The number of halogens is 2. The molecule has 1 aromatic carbocycles. The van der Waals surface area contributed by atoms with Gasteiger partial charge in [0.25, 0.3) is 0 Å². The first-order valence-electron chi connectivity index (χ1n) is 7.04. The second kappa shape index (κ2) is 6.99. The molecule has 1 atom stereocenters. The van der Waals surface area contributed by atoms with Crippen molar-refractivity contribution in [2.24, 2.45) is 0 Å². The zero-order chi connectivity index (χ0) is 15.6. The average Bonchev–Trinajstić information content (AvgIpc) is 2.89. The Bertz CT molecular complexity index is 610. The number of nitrogens with one attached hydrogen (secondary N) is 1. The van der Waals surface area contributed by atoms with Crippen LogP contribution >= 0.6 is 27.3 Å². The summed E-state index contributed by atoms with van der Waals surface area (Å²) in [4.78, 5) is 4.74. The fraction of sp³-hybridized carbons (Fsp3) is 0.438. The van der Waals surface area contributed by atoms with E-state index in [1.54, 1.807) is 11.3 Å². The highest BCUT2D eigenvalue weighted by Gasteiger charge is 2.20. The van der Waals surface area contributed by atoms with E-state index in [1.807, 2.05) is 12.1 Å². The predicted molar refractivity (Wildman–Crippen MR) is 90.4 cm³/mol. The van der Waals surface area contributed by atoms with Crippen LogP contribution in [0.3, 0.4) is 0 Å². The summed E-state index contributed by atoms with van der Waals surface area (Å²) < 4.78 is 13.9. The summed E-state index contributed by atoms with van der Waals surface area (Å²) in [6.07, 6.45) is 0. The van der Waals surface area contributed by atoms with Gasteiger partial charge in [0.15, 0.2) is 0 Å². The Morgan fingerprint density at radius 1 is 1.24 bits per heavy atom. The third-order valence-corrected chi connectivity index (χ3v) is 4.69. The lowest BCUT2D eigenvalue weighted by Crippen LogP contribution is -2.29. The minimum Gasteiger partial charge on any atom is -0.302 e. The van der Waals surface area contributed by atoms with Crippen LogP contribution in [0.5, 0.6) is 0 Å². The van der Waals surface area contributed by atoms with Gasteiger partial charge in [0, 0.05) is 11.4 Å². The van der Waals surface area contributed by atoms with Crippen LogP contribution < -0.4 is 5.32 Å². The van der Waals surface area contributed by atoms with Gasteiger partial charge in [0.1, 0.15) is 10.8 Å². The van der Waals surface area contributed by atoms with Crippen molar-refractivity contribution in [2.75, 3.05) is 0 Å². The Labute approximate surface area is 137 Å². The summed E-state index contributed by atoms with van der Waals surface area (Å²) in [6.45, 7) is 8.47. The van der Waals surface area contributed by atoms with Crippen molar-refractivity contribution in [1.82, 2.24) is 10.3 Å². The molecular formula is C16H20BrFN2S. The van der Waals surface area contributed by atoms with Crippen molar-refractivity contribution < 1.29 is 4.39 Å². The number of rotatable bonds is 5. The number of nitrogens with zero attached hydrogens (tertiary/aromatic N) is 1. The molecule has 0 aliphatic heterocycles. The molecule has 1 unspecified atom stereocenters. The molecule has 114 valence electrons. The van der Waals surface area contributed by atoms with E-state index in [4.69, 9.17) is 4.98 Å². The van der Waals surface area contributed by atoms with Crippen LogP contribution in [0.4, 0.5) is 4.39 Å². The van der Waals surface area contributed by atoms with Gasteiger partial charge in [-0.1, -0.05) is 19.9 Å². The van der Waals surface area contributed by atoms with E-state index >= 15 is 0 Å². The lowest BCUT2D eigenvalue weighted by Gasteiger charge is -2.20. The van der Waals surface area contributed by atoms with Gasteiger partial charge in [-0.25, -0.2) is 9.37 Å². The van der Waals surface area contributed by atoms with Gasteiger partial charge >= 0.3 is 0 Å². The monoisotopic (exact) mass is 370 g/mol. The molecule has 0 aliphatic rings. The van der Waals surface area contributed by atoms with E-state index in [1.165, 1.54) is 6.07 Å². The Kier molecular flexibility index (Phi) is 5.52. The minimum absolute atomic E-state index is 0.0144.